The molecule has 0 saturated carbocycles. The number of methoxy groups -OCH3 is 1. The zero-order valence-corrected chi connectivity index (χ0v) is 11.9. The summed E-state index contributed by atoms with van der Waals surface area (Å²) >= 11 is 3.32. The second-order valence-corrected chi connectivity index (χ2v) is 6.67. The van der Waals surface area contributed by atoms with Crippen LogP contribution in [-0.2, 0) is 21.0 Å². The second kappa shape index (κ2) is 5.36. The first-order chi connectivity index (χ1) is 8.11. The molecule has 2 nitrogen and oxygen atoms in total. The summed E-state index contributed by atoms with van der Waals surface area (Å²) in [7, 11) is 1.45. The minimum Gasteiger partial charge on any atom is -0.468 e. The molecule has 1 aromatic rings. The average Bonchev–Trinajstić information content (AvgIpc) is 2.52. The van der Waals surface area contributed by atoms with Crippen LogP contribution < -0.4 is 0 Å². The first kappa shape index (κ1) is 12.8. The van der Waals surface area contributed by atoms with Gasteiger partial charge in [-0.1, -0.05) is 12.1 Å². The molecule has 1 aromatic carbocycles. The molecule has 0 fully saturated rings. The number of carbonyl (C=O) groups is 1. The van der Waals surface area contributed by atoms with Gasteiger partial charge in [0.05, 0.1) is 7.11 Å². The fourth-order valence-corrected chi connectivity index (χ4v) is 4.27. The molecule has 0 radical (unpaired) electrons. The first-order valence-corrected chi connectivity index (χ1v) is 7.61. The van der Waals surface area contributed by atoms with Crippen LogP contribution in [0, 0.1) is 13.8 Å². The van der Waals surface area contributed by atoms with Crippen LogP contribution in [0.2, 0.25) is 0 Å². The van der Waals surface area contributed by atoms with E-state index in [1.165, 1.54) is 29.4 Å². The molecule has 0 unspecified atom stereocenters. The monoisotopic (exact) mass is 268 g/mol. The van der Waals surface area contributed by atoms with Crippen molar-refractivity contribution < 1.29 is 9.53 Å². The van der Waals surface area contributed by atoms with E-state index >= 15 is 0 Å². The van der Waals surface area contributed by atoms with Gasteiger partial charge in [-0.15, -0.1) is 23.5 Å². The molecule has 1 aliphatic heterocycles. The molecule has 0 atom stereocenters. The Balaban J connectivity index is 2.21. The maximum Gasteiger partial charge on any atom is 0.329 e. The number of fused-ring (bicyclic) bond motifs is 1. The zero-order valence-electron chi connectivity index (χ0n) is 10.3. The topological polar surface area (TPSA) is 26.3 Å². The van der Waals surface area contributed by atoms with Crippen LogP contribution in [0.25, 0.3) is 0 Å². The third kappa shape index (κ3) is 2.80. The predicted molar refractivity (Wildman–Crippen MR) is 74.3 cm³/mol. The number of aryl methyl sites for hydroxylation is 2. The summed E-state index contributed by atoms with van der Waals surface area (Å²) in [6, 6.07) is 4.50. The SMILES string of the molecule is COC(=O)C1SCc2cc(C)c(C)cc2CS1. The van der Waals surface area contributed by atoms with Crippen molar-refractivity contribution in [1.82, 2.24) is 0 Å². The Kier molecular flexibility index (Phi) is 4.05. The smallest absolute Gasteiger partial charge is 0.329 e. The summed E-state index contributed by atoms with van der Waals surface area (Å²) in [6.45, 7) is 4.27. The predicted octanol–water partition coefficient (Wildman–Crippen LogP) is 3.28. The maximum absolute atomic E-state index is 11.5. The molecular formula is C13H16O2S2. The lowest BCUT2D eigenvalue weighted by Crippen LogP contribution is -2.14. The number of hydrogen-bond acceptors (Lipinski definition) is 4. The minimum absolute atomic E-state index is 0.0898. The van der Waals surface area contributed by atoms with Crippen molar-refractivity contribution in [3.63, 3.8) is 0 Å². The largest absolute Gasteiger partial charge is 0.468 e. The Labute approximate surface area is 111 Å². The normalized spacial score (nSPS) is 16.2. The lowest BCUT2D eigenvalue weighted by atomic mass is 10.0. The summed E-state index contributed by atoms with van der Waals surface area (Å²) in [5.41, 5.74) is 5.37. The molecule has 1 heterocycles. The Hall–Kier alpha value is -0.610. The Bertz CT molecular complexity index is 410. The van der Waals surface area contributed by atoms with Gasteiger partial charge in [-0.3, -0.25) is 0 Å². The second-order valence-electron chi connectivity index (χ2n) is 4.18. The van der Waals surface area contributed by atoms with E-state index in [-0.39, 0.29) is 10.6 Å². The quantitative estimate of drug-likeness (QED) is 0.730. The highest BCUT2D eigenvalue weighted by molar-refractivity contribution is 8.17. The van der Waals surface area contributed by atoms with Crippen LogP contribution >= 0.6 is 23.5 Å². The standard InChI is InChI=1S/C13H16O2S2/c1-8-4-10-6-16-13(12(14)15-3)17-7-11(10)5-9(8)2/h4-5,13H,6-7H2,1-3H3. The highest BCUT2D eigenvalue weighted by Crippen LogP contribution is 2.37. The van der Waals surface area contributed by atoms with E-state index in [1.54, 1.807) is 23.5 Å². The summed E-state index contributed by atoms with van der Waals surface area (Å²) in [4.78, 5) is 11.5. The van der Waals surface area contributed by atoms with E-state index < -0.39 is 0 Å². The van der Waals surface area contributed by atoms with Crippen LogP contribution in [0.15, 0.2) is 12.1 Å². The summed E-state index contributed by atoms with van der Waals surface area (Å²) < 4.78 is 4.72. The van der Waals surface area contributed by atoms with Gasteiger partial charge < -0.3 is 4.74 Å². The number of esters is 1. The van der Waals surface area contributed by atoms with Crippen molar-refractivity contribution in [2.24, 2.45) is 0 Å². The summed E-state index contributed by atoms with van der Waals surface area (Å²) in [5, 5.41) is 0. The molecule has 0 bridgehead atoms. The Morgan fingerprint density at radius 2 is 1.65 bits per heavy atom. The Morgan fingerprint density at radius 3 is 2.06 bits per heavy atom. The van der Waals surface area contributed by atoms with Crippen LogP contribution in [-0.4, -0.2) is 17.7 Å². The van der Waals surface area contributed by atoms with E-state index in [0.29, 0.717) is 0 Å². The molecule has 0 spiro atoms. The highest BCUT2D eigenvalue weighted by atomic mass is 32.2. The van der Waals surface area contributed by atoms with Crippen LogP contribution in [0.3, 0.4) is 0 Å². The van der Waals surface area contributed by atoms with Gasteiger partial charge in [0, 0.05) is 11.5 Å². The number of thioether (sulfide) groups is 2. The van der Waals surface area contributed by atoms with E-state index in [2.05, 4.69) is 26.0 Å². The van der Waals surface area contributed by atoms with Crippen LogP contribution in [0.4, 0.5) is 0 Å². The van der Waals surface area contributed by atoms with Crippen molar-refractivity contribution in [3.05, 3.63) is 34.4 Å². The zero-order chi connectivity index (χ0) is 12.4. The summed E-state index contributed by atoms with van der Waals surface area (Å²) in [6.07, 6.45) is 0. The fraction of sp³-hybridized carbons (Fsp3) is 0.462. The maximum atomic E-state index is 11.5. The van der Waals surface area contributed by atoms with E-state index in [9.17, 15) is 4.79 Å². The lowest BCUT2D eigenvalue weighted by Gasteiger charge is -2.09. The van der Waals surface area contributed by atoms with E-state index in [4.69, 9.17) is 4.74 Å². The minimum atomic E-state index is -0.124. The molecule has 0 amide bonds. The molecule has 92 valence electrons. The first-order valence-electron chi connectivity index (χ1n) is 5.52. The van der Waals surface area contributed by atoms with Crippen LogP contribution in [0.1, 0.15) is 22.3 Å². The van der Waals surface area contributed by atoms with Gasteiger partial charge in [-0.25, -0.2) is 4.79 Å². The van der Waals surface area contributed by atoms with Gasteiger partial charge >= 0.3 is 5.97 Å². The molecule has 0 aromatic heterocycles. The molecule has 17 heavy (non-hydrogen) atoms. The van der Waals surface area contributed by atoms with Gasteiger partial charge in [0.25, 0.3) is 0 Å². The van der Waals surface area contributed by atoms with Crippen molar-refractivity contribution in [1.29, 1.82) is 0 Å². The van der Waals surface area contributed by atoms with Crippen molar-refractivity contribution in [3.8, 4) is 0 Å². The number of rotatable bonds is 1. The van der Waals surface area contributed by atoms with Crippen molar-refractivity contribution in [2.75, 3.05) is 7.11 Å². The molecule has 0 saturated heterocycles. The molecular weight excluding hydrogens is 252 g/mol. The number of hydrogen-bond donors (Lipinski definition) is 0. The van der Waals surface area contributed by atoms with Gasteiger partial charge in [0.15, 0.2) is 0 Å². The Morgan fingerprint density at radius 1 is 1.18 bits per heavy atom. The van der Waals surface area contributed by atoms with Gasteiger partial charge in [0.1, 0.15) is 4.58 Å². The van der Waals surface area contributed by atoms with E-state index in [0.717, 1.165) is 11.5 Å². The summed E-state index contributed by atoms with van der Waals surface area (Å²) in [5.74, 6) is 1.66. The third-order valence-electron chi connectivity index (χ3n) is 2.99. The number of carbonyl (C=O) groups excluding carboxylic acids is 1. The number of ether oxygens (including phenoxy) is 1. The molecule has 4 heteroatoms. The molecule has 0 aliphatic carbocycles. The molecule has 1 aliphatic rings. The van der Waals surface area contributed by atoms with Gasteiger partial charge in [0.2, 0.25) is 0 Å². The van der Waals surface area contributed by atoms with Gasteiger partial charge in [-0.2, -0.15) is 0 Å². The lowest BCUT2D eigenvalue weighted by molar-refractivity contribution is -0.138. The molecule has 0 N–H and O–H groups in total. The van der Waals surface area contributed by atoms with Crippen molar-refractivity contribution >= 4 is 29.5 Å². The number of benzene rings is 1. The highest BCUT2D eigenvalue weighted by Gasteiger charge is 2.24. The van der Waals surface area contributed by atoms with Gasteiger partial charge in [-0.05, 0) is 36.1 Å². The van der Waals surface area contributed by atoms with Crippen molar-refractivity contribution in [2.45, 2.75) is 29.9 Å². The average molecular weight is 268 g/mol. The van der Waals surface area contributed by atoms with Crippen LogP contribution in [0.5, 0.6) is 0 Å². The molecule has 2 rings (SSSR count). The fourth-order valence-electron chi connectivity index (χ4n) is 1.82. The third-order valence-corrected chi connectivity index (χ3v) is 5.75. The van der Waals surface area contributed by atoms with E-state index in [1.807, 2.05) is 0 Å².